The number of hydrogen-bond acceptors (Lipinski definition) is 4. The van der Waals surface area contributed by atoms with Gasteiger partial charge in [-0.2, -0.15) is 4.98 Å². The van der Waals surface area contributed by atoms with Gasteiger partial charge in [-0.05, 0) is 38.7 Å². The molecule has 1 aliphatic carbocycles. The van der Waals surface area contributed by atoms with Gasteiger partial charge in [0, 0.05) is 5.69 Å². The number of nitrogens with two attached hydrogens (primary N) is 1. The topological polar surface area (TPSA) is 84.9 Å². The molecule has 0 radical (unpaired) electrons. The Labute approximate surface area is 101 Å². The van der Waals surface area contributed by atoms with Crippen LogP contribution in [0.5, 0.6) is 6.01 Å². The van der Waals surface area contributed by atoms with Crippen molar-refractivity contribution >= 4 is 5.84 Å². The van der Waals surface area contributed by atoms with Crippen LogP contribution in [0.25, 0.3) is 0 Å². The number of aryl methyl sites for hydroxylation is 1. The lowest BCUT2D eigenvalue weighted by atomic mass is 9.98. The van der Waals surface area contributed by atoms with E-state index < -0.39 is 0 Å². The van der Waals surface area contributed by atoms with Crippen LogP contribution in [0.4, 0.5) is 0 Å². The first kappa shape index (κ1) is 11.8. The third kappa shape index (κ3) is 3.15. The highest BCUT2D eigenvalue weighted by Crippen LogP contribution is 2.21. The quantitative estimate of drug-likeness (QED) is 0.616. The first-order valence-electron chi connectivity index (χ1n) is 6.02. The second-order valence-electron chi connectivity index (χ2n) is 4.47. The molecule has 17 heavy (non-hydrogen) atoms. The van der Waals surface area contributed by atoms with E-state index in [2.05, 4.69) is 9.97 Å². The highest BCUT2D eigenvalue weighted by atomic mass is 16.5. The van der Waals surface area contributed by atoms with Crippen molar-refractivity contribution in [1.82, 2.24) is 9.97 Å². The van der Waals surface area contributed by atoms with Crippen LogP contribution in [0.1, 0.15) is 43.5 Å². The van der Waals surface area contributed by atoms with Crippen LogP contribution in [0.15, 0.2) is 6.07 Å². The Morgan fingerprint density at radius 1 is 1.35 bits per heavy atom. The van der Waals surface area contributed by atoms with E-state index >= 15 is 0 Å². The molecule has 0 aromatic carbocycles. The van der Waals surface area contributed by atoms with E-state index in [1.54, 1.807) is 6.07 Å². The molecule has 1 aliphatic rings. The SMILES string of the molecule is Cc1cc(C(=N)N)nc(OC2CCCCC2)n1. The smallest absolute Gasteiger partial charge is 0.317 e. The predicted molar refractivity (Wildman–Crippen MR) is 65.3 cm³/mol. The van der Waals surface area contributed by atoms with Crippen molar-refractivity contribution in [3.8, 4) is 6.01 Å². The fraction of sp³-hybridized carbons (Fsp3) is 0.583. The molecule has 1 fully saturated rings. The van der Waals surface area contributed by atoms with E-state index in [1.165, 1.54) is 19.3 Å². The van der Waals surface area contributed by atoms with Crippen LogP contribution in [-0.4, -0.2) is 21.9 Å². The molecule has 1 aromatic rings. The van der Waals surface area contributed by atoms with Crippen molar-refractivity contribution in [2.24, 2.45) is 5.73 Å². The van der Waals surface area contributed by atoms with Gasteiger partial charge < -0.3 is 10.5 Å². The number of aromatic nitrogens is 2. The van der Waals surface area contributed by atoms with Crippen LogP contribution in [0.3, 0.4) is 0 Å². The zero-order valence-electron chi connectivity index (χ0n) is 10.1. The average molecular weight is 234 g/mol. The molecule has 0 saturated heterocycles. The van der Waals surface area contributed by atoms with Crippen LogP contribution in [0, 0.1) is 12.3 Å². The Morgan fingerprint density at radius 2 is 2.06 bits per heavy atom. The summed E-state index contributed by atoms with van der Waals surface area (Å²) in [5, 5.41) is 7.38. The van der Waals surface area contributed by atoms with Gasteiger partial charge in [0.1, 0.15) is 17.6 Å². The summed E-state index contributed by atoms with van der Waals surface area (Å²) < 4.78 is 5.75. The van der Waals surface area contributed by atoms with Gasteiger partial charge in [-0.1, -0.05) is 6.42 Å². The summed E-state index contributed by atoms with van der Waals surface area (Å²) >= 11 is 0. The summed E-state index contributed by atoms with van der Waals surface area (Å²) in [6, 6.07) is 2.04. The molecule has 0 amide bonds. The van der Waals surface area contributed by atoms with E-state index in [0.29, 0.717) is 11.7 Å². The van der Waals surface area contributed by atoms with Crippen molar-refractivity contribution in [3.63, 3.8) is 0 Å². The second kappa shape index (κ2) is 5.12. The summed E-state index contributed by atoms with van der Waals surface area (Å²) in [7, 11) is 0. The largest absolute Gasteiger partial charge is 0.460 e. The average Bonchev–Trinajstić information content (AvgIpc) is 2.29. The van der Waals surface area contributed by atoms with Crippen LogP contribution < -0.4 is 10.5 Å². The van der Waals surface area contributed by atoms with Gasteiger partial charge in [0.05, 0.1) is 0 Å². The Balaban J connectivity index is 2.11. The Kier molecular flexibility index (Phi) is 3.56. The van der Waals surface area contributed by atoms with Crippen molar-refractivity contribution in [3.05, 3.63) is 17.5 Å². The maximum absolute atomic E-state index is 7.38. The molecule has 0 bridgehead atoms. The molecular weight excluding hydrogens is 216 g/mol. The standard InChI is InChI=1S/C12H18N4O/c1-8-7-10(11(13)14)16-12(15-8)17-9-5-3-2-4-6-9/h7,9H,2-6H2,1H3,(H3,13,14). The molecule has 5 heteroatoms. The minimum Gasteiger partial charge on any atom is -0.460 e. The Hall–Kier alpha value is -1.65. The molecule has 2 rings (SSSR count). The molecular formula is C12H18N4O. The molecule has 1 aromatic heterocycles. The highest BCUT2D eigenvalue weighted by molar-refractivity contribution is 5.93. The molecule has 0 spiro atoms. The van der Waals surface area contributed by atoms with Gasteiger partial charge in [0.25, 0.3) is 0 Å². The number of hydrogen-bond donors (Lipinski definition) is 2. The summed E-state index contributed by atoms with van der Waals surface area (Å²) in [5.41, 5.74) is 6.63. The van der Waals surface area contributed by atoms with E-state index in [-0.39, 0.29) is 11.9 Å². The van der Waals surface area contributed by atoms with Crippen molar-refractivity contribution in [2.75, 3.05) is 0 Å². The molecule has 0 aliphatic heterocycles. The Morgan fingerprint density at radius 3 is 2.71 bits per heavy atom. The molecule has 3 N–H and O–H groups in total. The maximum Gasteiger partial charge on any atom is 0.317 e. The zero-order chi connectivity index (χ0) is 12.3. The van der Waals surface area contributed by atoms with E-state index in [9.17, 15) is 0 Å². The number of ether oxygens (including phenoxy) is 1. The second-order valence-corrected chi connectivity index (χ2v) is 4.47. The van der Waals surface area contributed by atoms with Crippen LogP contribution >= 0.6 is 0 Å². The monoisotopic (exact) mass is 234 g/mol. The third-order valence-electron chi connectivity index (χ3n) is 2.93. The maximum atomic E-state index is 7.38. The third-order valence-corrected chi connectivity index (χ3v) is 2.93. The molecule has 92 valence electrons. The zero-order valence-corrected chi connectivity index (χ0v) is 10.1. The lowest BCUT2D eigenvalue weighted by Crippen LogP contribution is -2.22. The minimum absolute atomic E-state index is 0.0519. The number of rotatable bonds is 3. The van der Waals surface area contributed by atoms with E-state index in [4.69, 9.17) is 15.9 Å². The molecule has 1 heterocycles. The van der Waals surface area contributed by atoms with Gasteiger partial charge in [-0.15, -0.1) is 0 Å². The van der Waals surface area contributed by atoms with Gasteiger partial charge >= 0.3 is 6.01 Å². The minimum atomic E-state index is -0.0519. The first-order chi connectivity index (χ1) is 8.15. The fourth-order valence-corrected chi connectivity index (χ4v) is 2.06. The normalized spacial score (nSPS) is 16.8. The van der Waals surface area contributed by atoms with E-state index in [0.717, 1.165) is 18.5 Å². The van der Waals surface area contributed by atoms with Gasteiger partial charge in [-0.3, -0.25) is 5.41 Å². The highest BCUT2D eigenvalue weighted by Gasteiger charge is 2.16. The summed E-state index contributed by atoms with van der Waals surface area (Å²) in [6.07, 6.45) is 6.03. The summed E-state index contributed by atoms with van der Waals surface area (Å²) in [4.78, 5) is 8.37. The lowest BCUT2D eigenvalue weighted by molar-refractivity contribution is 0.141. The van der Waals surface area contributed by atoms with Gasteiger partial charge in [-0.25, -0.2) is 4.98 Å². The van der Waals surface area contributed by atoms with Crippen molar-refractivity contribution in [2.45, 2.75) is 45.1 Å². The molecule has 1 saturated carbocycles. The summed E-state index contributed by atoms with van der Waals surface area (Å²) in [6.45, 7) is 1.85. The van der Waals surface area contributed by atoms with E-state index in [1.807, 2.05) is 6.92 Å². The van der Waals surface area contributed by atoms with Crippen LogP contribution in [0.2, 0.25) is 0 Å². The number of amidine groups is 1. The first-order valence-corrected chi connectivity index (χ1v) is 6.02. The molecule has 5 nitrogen and oxygen atoms in total. The number of nitrogens with one attached hydrogen (secondary N) is 1. The predicted octanol–water partition coefficient (Wildman–Crippen LogP) is 1.78. The Bertz CT molecular complexity index is 413. The van der Waals surface area contributed by atoms with Crippen molar-refractivity contribution in [1.29, 1.82) is 5.41 Å². The molecule has 0 unspecified atom stereocenters. The summed E-state index contributed by atoms with van der Waals surface area (Å²) in [5.74, 6) is -0.0519. The van der Waals surface area contributed by atoms with Gasteiger partial charge in [0.2, 0.25) is 0 Å². The fourth-order valence-electron chi connectivity index (χ4n) is 2.06. The number of nitrogens with zero attached hydrogens (tertiary/aromatic N) is 2. The van der Waals surface area contributed by atoms with Crippen LogP contribution in [-0.2, 0) is 0 Å². The molecule has 0 atom stereocenters. The lowest BCUT2D eigenvalue weighted by Gasteiger charge is -2.21. The van der Waals surface area contributed by atoms with Gasteiger partial charge in [0.15, 0.2) is 0 Å². The van der Waals surface area contributed by atoms with Crippen molar-refractivity contribution < 1.29 is 4.74 Å². The number of nitrogen functional groups attached to an aromatic ring is 1.